The van der Waals surface area contributed by atoms with Crippen LogP contribution < -0.4 is 10.2 Å². The maximum atomic E-state index is 3.64. The van der Waals surface area contributed by atoms with Crippen LogP contribution in [0.2, 0.25) is 0 Å². The van der Waals surface area contributed by atoms with Crippen molar-refractivity contribution in [1.29, 1.82) is 0 Å². The summed E-state index contributed by atoms with van der Waals surface area (Å²) in [7, 11) is 2.16. The van der Waals surface area contributed by atoms with Gasteiger partial charge in [0.05, 0.1) is 0 Å². The Bertz CT molecular complexity index is 637. The third kappa shape index (κ3) is 2.55. The molecule has 0 bridgehead atoms. The molecule has 1 heterocycles. The number of rotatable bonds is 3. The first kappa shape index (κ1) is 13.5. The van der Waals surface area contributed by atoms with Crippen molar-refractivity contribution < 1.29 is 0 Å². The molecule has 3 heteroatoms. The average molecular weight is 331 g/mol. The Morgan fingerprint density at radius 2 is 2.10 bits per heavy atom. The van der Waals surface area contributed by atoms with Crippen molar-refractivity contribution in [3.05, 3.63) is 57.6 Å². The fourth-order valence-electron chi connectivity index (χ4n) is 2.71. The molecule has 1 aliphatic heterocycles. The number of benzene rings is 2. The first-order valence-corrected chi connectivity index (χ1v) is 7.76. The summed E-state index contributed by atoms with van der Waals surface area (Å²) in [5.41, 5.74) is 6.60. The van der Waals surface area contributed by atoms with Crippen LogP contribution >= 0.6 is 15.9 Å². The van der Waals surface area contributed by atoms with Gasteiger partial charge in [-0.3, -0.25) is 0 Å². The van der Waals surface area contributed by atoms with Crippen molar-refractivity contribution in [1.82, 2.24) is 0 Å². The number of nitrogens with one attached hydrogen (secondary N) is 1. The number of nitrogens with zero attached hydrogens (tertiary/aromatic N) is 1. The quantitative estimate of drug-likeness (QED) is 0.899. The van der Waals surface area contributed by atoms with E-state index in [9.17, 15) is 0 Å². The second-order valence-electron chi connectivity index (χ2n) is 5.42. The van der Waals surface area contributed by atoms with E-state index in [1.165, 1.54) is 22.4 Å². The number of fused-ring (bicyclic) bond motifs is 1. The van der Waals surface area contributed by atoms with Crippen molar-refractivity contribution in [3.63, 3.8) is 0 Å². The van der Waals surface area contributed by atoms with E-state index in [1.807, 2.05) is 0 Å². The molecule has 0 aromatic heterocycles. The molecule has 0 saturated heterocycles. The van der Waals surface area contributed by atoms with Crippen molar-refractivity contribution in [2.45, 2.75) is 19.9 Å². The fourth-order valence-corrected chi connectivity index (χ4v) is 3.12. The summed E-state index contributed by atoms with van der Waals surface area (Å²) in [4.78, 5) is 2.32. The highest BCUT2D eigenvalue weighted by molar-refractivity contribution is 9.10. The lowest BCUT2D eigenvalue weighted by Crippen LogP contribution is -2.12. The molecule has 0 saturated carbocycles. The summed E-state index contributed by atoms with van der Waals surface area (Å²) in [6.07, 6.45) is 1.16. The molecule has 0 spiro atoms. The Morgan fingerprint density at radius 1 is 1.25 bits per heavy atom. The molecule has 2 aromatic carbocycles. The molecule has 0 radical (unpaired) electrons. The number of aryl methyl sites for hydroxylation is 1. The van der Waals surface area contributed by atoms with E-state index < -0.39 is 0 Å². The van der Waals surface area contributed by atoms with Gasteiger partial charge in [0.1, 0.15) is 0 Å². The summed E-state index contributed by atoms with van der Waals surface area (Å²) in [6.45, 7) is 4.11. The molecular formula is C17H19BrN2. The highest BCUT2D eigenvalue weighted by atomic mass is 79.9. The molecule has 104 valence electrons. The van der Waals surface area contributed by atoms with Gasteiger partial charge in [0.15, 0.2) is 0 Å². The predicted molar refractivity (Wildman–Crippen MR) is 89.6 cm³/mol. The average Bonchev–Trinajstić information content (AvgIpc) is 2.82. The van der Waals surface area contributed by atoms with Crippen molar-refractivity contribution >= 4 is 27.3 Å². The van der Waals surface area contributed by atoms with Crippen LogP contribution in [0.5, 0.6) is 0 Å². The summed E-state index contributed by atoms with van der Waals surface area (Å²) in [5, 5.41) is 3.51. The summed E-state index contributed by atoms with van der Waals surface area (Å²) in [6, 6.07) is 13.1. The maximum absolute atomic E-state index is 3.64. The minimum atomic E-state index is 0.860. The Kier molecular flexibility index (Phi) is 3.70. The molecule has 1 N–H and O–H groups in total. The van der Waals surface area contributed by atoms with Crippen LogP contribution in [0.15, 0.2) is 40.9 Å². The number of halogens is 1. The zero-order chi connectivity index (χ0) is 14.1. The normalized spacial score (nSPS) is 13.4. The van der Waals surface area contributed by atoms with E-state index in [0.29, 0.717) is 0 Å². The first-order valence-electron chi connectivity index (χ1n) is 6.97. The SMILES string of the molecule is Cc1cccc(NCc2ccc3c(c2)CCN3C)c1Br. The maximum Gasteiger partial charge on any atom is 0.0490 e. The van der Waals surface area contributed by atoms with Crippen LogP contribution in [0.4, 0.5) is 11.4 Å². The van der Waals surface area contributed by atoms with Crippen LogP contribution in [0.3, 0.4) is 0 Å². The van der Waals surface area contributed by atoms with E-state index in [0.717, 1.165) is 29.7 Å². The number of hydrogen-bond acceptors (Lipinski definition) is 2. The van der Waals surface area contributed by atoms with Gasteiger partial charge in [-0.15, -0.1) is 0 Å². The van der Waals surface area contributed by atoms with Gasteiger partial charge in [0.2, 0.25) is 0 Å². The van der Waals surface area contributed by atoms with Crippen LogP contribution in [0, 0.1) is 6.92 Å². The molecule has 2 aromatic rings. The smallest absolute Gasteiger partial charge is 0.0490 e. The summed E-state index contributed by atoms with van der Waals surface area (Å²) < 4.78 is 1.15. The predicted octanol–water partition coefficient (Wildman–Crippen LogP) is 4.36. The summed E-state index contributed by atoms with van der Waals surface area (Å²) >= 11 is 3.64. The second-order valence-corrected chi connectivity index (χ2v) is 6.22. The van der Waals surface area contributed by atoms with Crippen molar-refractivity contribution in [3.8, 4) is 0 Å². The van der Waals surface area contributed by atoms with Crippen LogP contribution in [0.1, 0.15) is 16.7 Å². The first-order chi connectivity index (χ1) is 9.65. The van der Waals surface area contributed by atoms with Crippen LogP contribution in [-0.2, 0) is 13.0 Å². The molecule has 0 aliphatic carbocycles. The Morgan fingerprint density at radius 3 is 2.95 bits per heavy atom. The van der Waals surface area contributed by atoms with Crippen LogP contribution in [-0.4, -0.2) is 13.6 Å². The van der Waals surface area contributed by atoms with Gasteiger partial charge in [-0.2, -0.15) is 0 Å². The lowest BCUT2D eigenvalue weighted by Gasteiger charge is -2.13. The second kappa shape index (κ2) is 5.49. The number of hydrogen-bond donors (Lipinski definition) is 1. The third-order valence-electron chi connectivity index (χ3n) is 3.95. The monoisotopic (exact) mass is 330 g/mol. The molecule has 0 unspecified atom stereocenters. The molecule has 0 fully saturated rings. The van der Waals surface area contributed by atoms with E-state index in [1.54, 1.807) is 0 Å². The summed E-state index contributed by atoms with van der Waals surface area (Å²) in [5.74, 6) is 0. The van der Waals surface area contributed by atoms with Gasteiger partial charge in [-0.05, 0) is 58.1 Å². The third-order valence-corrected chi connectivity index (χ3v) is 5.00. The Balaban J connectivity index is 1.74. The van der Waals surface area contributed by atoms with Gasteiger partial charge >= 0.3 is 0 Å². The molecule has 0 atom stereocenters. The van der Waals surface area contributed by atoms with E-state index in [-0.39, 0.29) is 0 Å². The van der Waals surface area contributed by atoms with Gasteiger partial charge in [0, 0.05) is 36.0 Å². The Labute approximate surface area is 128 Å². The Hall–Kier alpha value is -1.48. The largest absolute Gasteiger partial charge is 0.380 e. The lowest BCUT2D eigenvalue weighted by molar-refractivity contribution is 0.955. The van der Waals surface area contributed by atoms with Crippen molar-refractivity contribution in [2.75, 3.05) is 23.8 Å². The molecule has 2 nitrogen and oxygen atoms in total. The van der Waals surface area contributed by atoms with E-state index >= 15 is 0 Å². The molecule has 1 aliphatic rings. The number of anilines is 2. The topological polar surface area (TPSA) is 15.3 Å². The number of likely N-dealkylation sites (N-methyl/N-ethyl adjacent to an activating group) is 1. The van der Waals surface area contributed by atoms with Crippen LogP contribution in [0.25, 0.3) is 0 Å². The zero-order valence-corrected chi connectivity index (χ0v) is 13.5. The molecule has 20 heavy (non-hydrogen) atoms. The standard InChI is InChI=1S/C17H19BrN2/c1-12-4-3-5-15(17(12)18)19-11-13-6-7-16-14(10-13)8-9-20(16)2/h3-7,10,19H,8-9,11H2,1-2H3. The minimum Gasteiger partial charge on any atom is -0.380 e. The van der Waals surface area contributed by atoms with Gasteiger partial charge in [0.25, 0.3) is 0 Å². The van der Waals surface area contributed by atoms with Gasteiger partial charge in [-0.1, -0.05) is 24.3 Å². The van der Waals surface area contributed by atoms with Gasteiger partial charge < -0.3 is 10.2 Å². The molecular weight excluding hydrogens is 312 g/mol. The highest BCUT2D eigenvalue weighted by Gasteiger charge is 2.15. The van der Waals surface area contributed by atoms with E-state index in [4.69, 9.17) is 0 Å². The highest BCUT2D eigenvalue weighted by Crippen LogP contribution is 2.29. The fraction of sp³-hybridized carbons (Fsp3) is 0.294. The minimum absolute atomic E-state index is 0.860. The zero-order valence-electron chi connectivity index (χ0n) is 11.9. The molecule has 3 rings (SSSR count). The van der Waals surface area contributed by atoms with Crippen molar-refractivity contribution in [2.24, 2.45) is 0 Å². The van der Waals surface area contributed by atoms with E-state index in [2.05, 4.69) is 76.5 Å². The molecule has 0 amide bonds. The van der Waals surface area contributed by atoms with Gasteiger partial charge in [-0.25, -0.2) is 0 Å². The lowest BCUT2D eigenvalue weighted by atomic mass is 10.1.